The van der Waals surface area contributed by atoms with Crippen molar-refractivity contribution in [2.75, 3.05) is 20.1 Å². The van der Waals surface area contributed by atoms with Crippen molar-refractivity contribution in [2.45, 2.75) is 18.9 Å². The van der Waals surface area contributed by atoms with Crippen molar-refractivity contribution >= 4 is 34.2 Å². The molecule has 0 spiro atoms. The largest absolute Gasteiger partial charge is 0.337 e. The molecule has 1 saturated heterocycles. The number of likely N-dealkylation sites (N-methyl/N-ethyl adjacent to an activating group) is 1. The maximum Gasteiger partial charge on any atom is 0.257 e. The van der Waals surface area contributed by atoms with Gasteiger partial charge in [0, 0.05) is 29.8 Å². The zero-order valence-electron chi connectivity index (χ0n) is 12.9. The molecule has 0 saturated carbocycles. The minimum absolute atomic E-state index is 0. The van der Waals surface area contributed by atoms with E-state index >= 15 is 0 Å². The number of halogens is 2. The first kappa shape index (κ1) is 18.0. The molecule has 0 aliphatic carbocycles. The number of nitrogens with zero attached hydrogens (tertiary/aromatic N) is 3. The lowest BCUT2D eigenvalue weighted by molar-refractivity contribution is 0.0698. The van der Waals surface area contributed by atoms with Gasteiger partial charge < -0.3 is 10.2 Å². The van der Waals surface area contributed by atoms with Crippen LogP contribution in [0.25, 0.3) is 5.69 Å². The number of nitrogens with one attached hydrogen (secondary N) is 1. The van der Waals surface area contributed by atoms with E-state index in [1.807, 2.05) is 36.2 Å². The Kier molecular flexibility index (Phi) is 6.21. The lowest BCUT2D eigenvalue weighted by Gasteiger charge is -2.32. The maximum absolute atomic E-state index is 12.6. The Balaban J connectivity index is 0.00000192. The molecule has 1 fully saturated rings. The van der Waals surface area contributed by atoms with Crippen LogP contribution in [0.4, 0.5) is 0 Å². The number of likely N-dealkylation sites (tertiary alicyclic amines) is 1. The van der Waals surface area contributed by atoms with Crippen molar-refractivity contribution in [1.29, 1.82) is 0 Å². The molecule has 3 rings (SSSR count). The molecule has 5 nitrogen and oxygen atoms in total. The summed E-state index contributed by atoms with van der Waals surface area (Å²) in [6, 6.07) is 8.23. The van der Waals surface area contributed by atoms with Gasteiger partial charge in [0.25, 0.3) is 5.91 Å². The molecule has 1 aliphatic rings. The first-order valence-corrected chi connectivity index (χ1v) is 8.24. The molecule has 124 valence electrons. The van der Waals surface area contributed by atoms with Crippen molar-refractivity contribution in [1.82, 2.24) is 20.0 Å². The second kappa shape index (κ2) is 7.95. The number of piperidine rings is 1. The van der Waals surface area contributed by atoms with Crippen LogP contribution >= 0.6 is 28.3 Å². The predicted octanol–water partition coefficient (Wildman–Crippen LogP) is 2.88. The summed E-state index contributed by atoms with van der Waals surface area (Å²) >= 11 is 3.41. The molecule has 1 unspecified atom stereocenters. The minimum atomic E-state index is 0. The molecular weight excluding hydrogens is 380 g/mol. The Morgan fingerprint density at radius 1 is 1.35 bits per heavy atom. The summed E-state index contributed by atoms with van der Waals surface area (Å²) in [5.74, 6) is 0.0586. The van der Waals surface area contributed by atoms with Gasteiger partial charge in [0.2, 0.25) is 0 Å². The molecule has 1 amide bonds. The summed E-state index contributed by atoms with van der Waals surface area (Å²) < 4.78 is 2.75. The third-order valence-corrected chi connectivity index (χ3v) is 4.57. The highest BCUT2D eigenvalue weighted by atomic mass is 79.9. The van der Waals surface area contributed by atoms with E-state index in [4.69, 9.17) is 0 Å². The van der Waals surface area contributed by atoms with E-state index in [-0.39, 0.29) is 18.3 Å². The summed E-state index contributed by atoms with van der Waals surface area (Å²) in [7, 11) is 1.95. The van der Waals surface area contributed by atoms with Gasteiger partial charge in [-0.25, -0.2) is 4.68 Å². The van der Waals surface area contributed by atoms with Crippen molar-refractivity contribution in [2.24, 2.45) is 0 Å². The average Bonchev–Trinajstić information content (AvgIpc) is 3.05. The van der Waals surface area contributed by atoms with Gasteiger partial charge >= 0.3 is 0 Å². The first-order chi connectivity index (χ1) is 10.7. The molecule has 1 aromatic carbocycles. The van der Waals surface area contributed by atoms with E-state index in [1.165, 1.54) is 0 Å². The van der Waals surface area contributed by atoms with Gasteiger partial charge in [-0.05, 0) is 44.2 Å². The van der Waals surface area contributed by atoms with Gasteiger partial charge in [-0.3, -0.25) is 4.79 Å². The van der Waals surface area contributed by atoms with Gasteiger partial charge in [0.1, 0.15) is 0 Å². The number of aromatic nitrogens is 2. The molecule has 1 aliphatic heterocycles. The van der Waals surface area contributed by atoms with E-state index in [9.17, 15) is 4.79 Å². The minimum Gasteiger partial charge on any atom is -0.337 e. The fraction of sp³-hybridized carbons (Fsp3) is 0.375. The van der Waals surface area contributed by atoms with Crippen LogP contribution in [0.15, 0.2) is 41.1 Å². The van der Waals surface area contributed by atoms with Crippen LogP contribution in [0.3, 0.4) is 0 Å². The number of amides is 1. The van der Waals surface area contributed by atoms with Crippen LogP contribution < -0.4 is 5.32 Å². The van der Waals surface area contributed by atoms with E-state index in [0.29, 0.717) is 11.6 Å². The quantitative estimate of drug-likeness (QED) is 0.863. The Morgan fingerprint density at radius 3 is 2.78 bits per heavy atom. The molecule has 1 atom stereocenters. The lowest BCUT2D eigenvalue weighted by Crippen LogP contribution is -2.46. The fourth-order valence-corrected chi connectivity index (χ4v) is 3.01. The molecular formula is C16H20BrClN4O. The highest BCUT2D eigenvalue weighted by Gasteiger charge is 2.24. The summed E-state index contributed by atoms with van der Waals surface area (Å²) in [5, 5.41) is 7.57. The van der Waals surface area contributed by atoms with Gasteiger partial charge in [0.05, 0.1) is 17.4 Å². The summed E-state index contributed by atoms with van der Waals surface area (Å²) in [6.45, 7) is 1.58. The second-order valence-electron chi connectivity index (χ2n) is 5.53. The average molecular weight is 400 g/mol. The summed E-state index contributed by atoms with van der Waals surface area (Å²) in [4.78, 5) is 14.5. The zero-order valence-corrected chi connectivity index (χ0v) is 15.3. The molecule has 23 heavy (non-hydrogen) atoms. The highest BCUT2D eigenvalue weighted by molar-refractivity contribution is 9.10. The summed E-state index contributed by atoms with van der Waals surface area (Å²) in [5.41, 5.74) is 1.58. The Bertz CT molecular complexity index is 658. The number of hydrogen-bond acceptors (Lipinski definition) is 3. The van der Waals surface area contributed by atoms with Crippen molar-refractivity contribution in [3.8, 4) is 5.69 Å². The molecule has 0 bridgehead atoms. The standard InChI is InChI=1S/C16H19BrN4O.ClH/c1-18-14-3-2-8-20(11-14)16(22)12-9-19-21(10-12)15-6-4-13(17)5-7-15;/h4-7,9-10,14,18H,2-3,8,11H2,1H3;1H. The monoisotopic (exact) mass is 398 g/mol. The number of rotatable bonds is 3. The fourth-order valence-electron chi connectivity index (χ4n) is 2.75. The van der Waals surface area contributed by atoms with Crippen molar-refractivity contribution < 1.29 is 4.79 Å². The molecule has 2 aromatic rings. The summed E-state index contributed by atoms with van der Waals surface area (Å²) in [6.07, 6.45) is 5.61. The SMILES string of the molecule is CNC1CCCN(C(=O)c2cnn(-c3ccc(Br)cc3)c2)C1.Cl. The normalized spacial score (nSPS) is 17.7. The first-order valence-electron chi connectivity index (χ1n) is 7.44. The number of carbonyl (C=O) groups is 1. The van der Waals surface area contributed by atoms with Crippen LogP contribution in [0, 0.1) is 0 Å². The maximum atomic E-state index is 12.6. The van der Waals surface area contributed by atoms with Gasteiger partial charge in [-0.1, -0.05) is 15.9 Å². The van der Waals surface area contributed by atoms with Crippen LogP contribution in [-0.4, -0.2) is 46.8 Å². The van der Waals surface area contributed by atoms with Crippen LogP contribution in [0.2, 0.25) is 0 Å². The van der Waals surface area contributed by atoms with Crippen molar-refractivity contribution in [3.63, 3.8) is 0 Å². The Morgan fingerprint density at radius 2 is 2.09 bits per heavy atom. The Hall–Kier alpha value is -1.37. The number of benzene rings is 1. The van der Waals surface area contributed by atoms with E-state index < -0.39 is 0 Å². The molecule has 1 N–H and O–H groups in total. The van der Waals surface area contributed by atoms with E-state index in [1.54, 1.807) is 17.1 Å². The topological polar surface area (TPSA) is 50.2 Å². The van der Waals surface area contributed by atoms with E-state index in [0.717, 1.165) is 36.1 Å². The van der Waals surface area contributed by atoms with Gasteiger partial charge in [-0.2, -0.15) is 5.10 Å². The smallest absolute Gasteiger partial charge is 0.257 e. The van der Waals surface area contributed by atoms with Gasteiger partial charge in [-0.15, -0.1) is 12.4 Å². The third-order valence-electron chi connectivity index (χ3n) is 4.04. The predicted molar refractivity (Wildman–Crippen MR) is 96.5 cm³/mol. The second-order valence-corrected chi connectivity index (χ2v) is 6.44. The Labute approximate surface area is 150 Å². The molecule has 1 aromatic heterocycles. The number of hydrogen-bond donors (Lipinski definition) is 1. The van der Waals surface area contributed by atoms with Gasteiger partial charge in [0.15, 0.2) is 0 Å². The number of carbonyl (C=O) groups excluding carboxylic acids is 1. The molecule has 7 heteroatoms. The van der Waals surface area contributed by atoms with E-state index in [2.05, 4.69) is 26.3 Å². The molecule has 0 radical (unpaired) electrons. The lowest BCUT2D eigenvalue weighted by atomic mass is 10.1. The van der Waals surface area contributed by atoms with Crippen LogP contribution in [-0.2, 0) is 0 Å². The van der Waals surface area contributed by atoms with Crippen LogP contribution in [0.1, 0.15) is 23.2 Å². The molecule has 2 heterocycles. The third kappa shape index (κ3) is 4.13. The van der Waals surface area contributed by atoms with Crippen LogP contribution in [0.5, 0.6) is 0 Å². The highest BCUT2D eigenvalue weighted by Crippen LogP contribution is 2.16. The zero-order chi connectivity index (χ0) is 15.5. The van der Waals surface area contributed by atoms with Crippen molar-refractivity contribution in [3.05, 3.63) is 46.7 Å².